The molecule has 0 fully saturated rings. The highest BCUT2D eigenvalue weighted by atomic mass is 35.5. The maximum Gasteiger partial charge on any atom is 0.141 e. The molecular formula is C15H16Cl2FNS. The van der Waals surface area contributed by atoms with Crippen molar-refractivity contribution in [2.24, 2.45) is 0 Å². The van der Waals surface area contributed by atoms with Crippen LogP contribution < -0.4 is 5.32 Å². The minimum atomic E-state index is -0.385. The number of hydrogen-bond acceptors (Lipinski definition) is 2. The Morgan fingerprint density at radius 3 is 2.65 bits per heavy atom. The first-order chi connectivity index (χ1) is 9.60. The Hall–Kier alpha value is -0.610. The van der Waals surface area contributed by atoms with Crippen LogP contribution in [0.3, 0.4) is 0 Å². The molecule has 0 bridgehead atoms. The van der Waals surface area contributed by atoms with Gasteiger partial charge < -0.3 is 5.32 Å². The van der Waals surface area contributed by atoms with Crippen LogP contribution in [0.2, 0.25) is 9.36 Å². The molecule has 0 amide bonds. The van der Waals surface area contributed by atoms with E-state index in [-0.39, 0.29) is 16.9 Å². The van der Waals surface area contributed by atoms with Crippen LogP contribution in [-0.2, 0) is 6.42 Å². The summed E-state index contributed by atoms with van der Waals surface area (Å²) in [5.74, 6) is -0.385. The second-order valence-corrected chi connectivity index (χ2v) is 6.80. The Labute approximate surface area is 132 Å². The number of nitrogens with one attached hydrogen (secondary N) is 1. The zero-order chi connectivity index (χ0) is 14.5. The van der Waals surface area contributed by atoms with Gasteiger partial charge in [-0.1, -0.05) is 36.2 Å². The fraction of sp³-hybridized carbons (Fsp3) is 0.333. The van der Waals surface area contributed by atoms with E-state index in [1.165, 1.54) is 10.9 Å². The van der Waals surface area contributed by atoms with Gasteiger partial charge in [-0.05, 0) is 42.8 Å². The smallest absolute Gasteiger partial charge is 0.141 e. The molecule has 0 saturated heterocycles. The number of halogens is 3. The van der Waals surface area contributed by atoms with Crippen molar-refractivity contribution in [3.63, 3.8) is 0 Å². The second-order valence-electron chi connectivity index (χ2n) is 4.59. The first-order valence-corrected chi connectivity index (χ1v) is 8.10. The van der Waals surface area contributed by atoms with Gasteiger partial charge in [0.25, 0.3) is 0 Å². The van der Waals surface area contributed by atoms with E-state index in [0.717, 1.165) is 29.3 Å². The molecule has 108 valence electrons. The van der Waals surface area contributed by atoms with E-state index in [1.807, 2.05) is 12.1 Å². The molecule has 0 aliphatic rings. The van der Waals surface area contributed by atoms with Gasteiger partial charge in [-0.3, -0.25) is 0 Å². The molecule has 0 radical (unpaired) electrons. The largest absolute Gasteiger partial charge is 0.310 e. The number of thiophene rings is 1. The van der Waals surface area contributed by atoms with Crippen molar-refractivity contribution in [2.45, 2.75) is 25.8 Å². The first kappa shape index (κ1) is 15.8. The SMILES string of the molecule is CCCNC(Cc1ccc(Cl)s1)c1ccc(F)c(Cl)c1. The van der Waals surface area contributed by atoms with Crippen LogP contribution in [0.25, 0.3) is 0 Å². The summed E-state index contributed by atoms with van der Waals surface area (Å²) < 4.78 is 14.1. The lowest BCUT2D eigenvalue weighted by Crippen LogP contribution is -2.23. The van der Waals surface area contributed by atoms with E-state index in [9.17, 15) is 4.39 Å². The number of hydrogen-bond donors (Lipinski definition) is 1. The van der Waals surface area contributed by atoms with Crippen LogP contribution in [0, 0.1) is 5.82 Å². The highest BCUT2D eigenvalue weighted by molar-refractivity contribution is 7.16. The molecular weight excluding hydrogens is 316 g/mol. The third-order valence-electron chi connectivity index (χ3n) is 3.02. The molecule has 5 heteroatoms. The molecule has 0 saturated carbocycles. The monoisotopic (exact) mass is 331 g/mol. The molecule has 1 unspecified atom stereocenters. The zero-order valence-electron chi connectivity index (χ0n) is 11.1. The molecule has 20 heavy (non-hydrogen) atoms. The number of benzene rings is 1. The Bertz CT molecular complexity index is 571. The highest BCUT2D eigenvalue weighted by Crippen LogP contribution is 2.28. The molecule has 1 nitrogen and oxygen atoms in total. The molecule has 1 aromatic carbocycles. The van der Waals surface area contributed by atoms with Gasteiger partial charge in [-0.15, -0.1) is 11.3 Å². The zero-order valence-corrected chi connectivity index (χ0v) is 13.5. The first-order valence-electron chi connectivity index (χ1n) is 6.52. The van der Waals surface area contributed by atoms with Gasteiger partial charge >= 0.3 is 0 Å². The molecule has 0 aliphatic carbocycles. The maximum atomic E-state index is 13.3. The summed E-state index contributed by atoms with van der Waals surface area (Å²) in [5.41, 5.74) is 0.995. The minimum Gasteiger partial charge on any atom is -0.310 e. The van der Waals surface area contributed by atoms with Gasteiger partial charge in [-0.2, -0.15) is 0 Å². The minimum absolute atomic E-state index is 0.114. The fourth-order valence-electron chi connectivity index (χ4n) is 2.02. The van der Waals surface area contributed by atoms with Crippen LogP contribution in [-0.4, -0.2) is 6.54 Å². The Morgan fingerprint density at radius 1 is 1.25 bits per heavy atom. The third kappa shape index (κ3) is 4.19. The highest BCUT2D eigenvalue weighted by Gasteiger charge is 2.14. The lowest BCUT2D eigenvalue weighted by Gasteiger charge is -2.18. The van der Waals surface area contributed by atoms with E-state index in [4.69, 9.17) is 23.2 Å². The molecule has 2 aromatic rings. The van der Waals surface area contributed by atoms with Crippen molar-refractivity contribution in [3.05, 3.63) is 55.9 Å². The summed E-state index contributed by atoms with van der Waals surface area (Å²) in [5, 5.41) is 3.63. The quantitative estimate of drug-likeness (QED) is 0.739. The lowest BCUT2D eigenvalue weighted by molar-refractivity contribution is 0.530. The fourth-order valence-corrected chi connectivity index (χ4v) is 3.34. The average Bonchev–Trinajstić information content (AvgIpc) is 2.83. The third-order valence-corrected chi connectivity index (χ3v) is 4.56. The number of rotatable bonds is 6. The van der Waals surface area contributed by atoms with Crippen molar-refractivity contribution < 1.29 is 4.39 Å². The van der Waals surface area contributed by atoms with E-state index in [0.29, 0.717) is 0 Å². The maximum absolute atomic E-state index is 13.3. The summed E-state index contributed by atoms with van der Waals surface area (Å²) in [6.45, 7) is 3.02. The van der Waals surface area contributed by atoms with Crippen molar-refractivity contribution in [3.8, 4) is 0 Å². The van der Waals surface area contributed by atoms with Gasteiger partial charge in [0.15, 0.2) is 0 Å². The summed E-state index contributed by atoms with van der Waals surface area (Å²) in [6.07, 6.45) is 1.86. The van der Waals surface area contributed by atoms with Crippen molar-refractivity contribution in [1.82, 2.24) is 5.32 Å². The van der Waals surface area contributed by atoms with Gasteiger partial charge in [0, 0.05) is 17.3 Å². The molecule has 1 N–H and O–H groups in total. The Kier molecular flexibility index (Phi) is 5.85. The molecule has 0 spiro atoms. The van der Waals surface area contributed by atoms with E-state index >= 15 is 0 Å². The molecule has 1 heterocycles. The Morgan fingerprint density at radius 2 is 2.05 bits per heavy atom. The summed E-state index contributed by atoms with van der Waals surface area (Å²) in [7, 11) is 0. The molecule has 1 atom stereocenters. The van der Waals surface area contributed by atoms with Gasteiger partial charge in [0.2, 0.25) is 0 Å². The van der Waals surface area contributed by atoms with Gasteiger partial charge in [-0.25, -0.2) is 4.39 Å². The van der Waals surface area contributed by atoms with E-state index in [1.54, 1.807) is 23.5 Å². The lowest BCUT2D eigenvalue weighted by atomic mass is 10.0. The summed E-state index contributed by atoms with van der Waals surface area (Å²) in [4.78, 5) is 1.20. The normalized spacial score (nSPS) is 12.6. The Balaban J connectivity index is 2.19. The topological polar surface area (TPSA) is 12.0 Å². The van der Waals surface area contributed by atoms with Crippen LogP contribution in [0.1, 0.15) is 29.8 Å². The average molecular weight is 332 g/mol. The standard InChI is InChI=1S/C15H16Cl2FNS/c1-2-7-19-14(9-11-4-6-15(17)20-11)10-3-5-13(18)12(16)8-10/h3-6,8,14,19H,2,7,9H2,1H3. The van der Waals surface area contributed by atoms with E-state index < -0.39 is 0 Å². The van der Waals surface area contributed by atoms with Crippen LogP contribution in [0.4, 0.5) is 4.39 Å². The molecule has 1 aromatic heterocycles. The van der Waals surface area contributed by atoms with Crippen LogP contribution in [0.15, 0.2) is 30.3 Å². The van der Waals surface area contributed by atoms with Crippen molar-refractivity contribution >= 4 is 34.5 Å². The van der Waals surface area contributed by atoms with E-state index in [2.05, 4.69) is 12.2 Å². The van der Waals surface area contributed by atoms with Gasteiger partial charge in [0.1, 0.15) is 5.82 Å². The predicted molar refractivity (Wildman–Crippen MR) is 85.5 cm³/mol. The molecule has 0 aliphatic heterocycles. The van der Waals surface area contributed by atoms with Crippen LogP contribution in [0.5, 0.6) is 0 Å². The van der Waals surface area contributed by atoms with Crippen molar-refractivity contribution in [1.29, 1.82) is 0 Å². The predicted octanol–water partition coefficient (Wildman–Crippen LogP) is 5.48. The second kappa shape index (κ2) is 7.41. The molecule has 2 rings (SSSR count). The van der Waals surface area contributed by atoms with Crippen molar-refractivity contribution in [2.75, 3.05) is 6.54 Å². The summed E-state index contributed by atoms with van der Waals surface area (Å²) >= 11 is 13.4. The van der Waals surface area contributed by atoms with Gasteiger partial charge in [0.05, 0.1) is 9.36 Å². The summed E-state index contributed by atoms with van der Waals surface area (Å²) in [6, 6.07) is 8.93. The van der Waals surface area contributed by atoms with Crippen LogP contribution >= 0.6 is 34.5 Å².